The third-order valence-electron chi connectivity index (χ3n) is 5.52. The summed E-state index contributed by atoms with van der Waals surface area (Å²) < 4.78 is 0. The SMILES string of the molecule is Cc1cccc(C)c1NC(=O)C[NH+](C)CCC(=O)Nc1sc2c(c1C#N)CCCC2. The Hall–Kier alpha value is -2.69. The monoisotopic (exact) mass is 425 g/mol. The number of para-hydroxylation sites is 1. The van der Waals surface area contributed by atoms with E-state index in [0.717, 1.165) is 53.0 Å². The van der Waals surface area contributed by atoms with Crippen molar-refractivity contribution in [2.24, 2.45) is 0 Å². The molecular weight excluding hydrogens is 396 g/mol. The molecule has 2 aromatic rings. The molecular formula is C23H29N4O2S+. The van der Waals surface area contributed by atoms with Crippen molar-refractivity contribution in [3.8, 4) is 6.07 Å². The van der Waals surface area contributed by atoms with Crippen molar-refractivity contribution in [3.63, 3.8) is 0 Å². The first kappa shape index (κ1) is 22.0. The molecule has 0 aliphatic heterocycles. The molecule has 158 valence electrons. The van der Waals surface area contributed by atoms with Crippen LogP contribution in [-0.2, 0) is 22.4 Å². The van der Waals surface area contributed by atoms with Crippen LogP contribution in [0.3, 0.4) is 0 Å². The number of nitrogens with one attached hydrogen (secondary N) is 3. The lowest BCUT2D eigenvalue weighted by Crippen LogP contribution is -3.10. The Morgan fingerprint density at radius 2 is 1.83 bits per heavy atom. The summed E-state index contributed by atoms with van der Waals surface area (Å²) in [4.78, 5) is 27.0. The predicted molar refractivity (Wildman–Crippen MR) is 120 cm³/mol. The normalized spacial score (nSPS) is 13.8. The first-order valence-corrected chi connectivity index (χ1v) is 11.2. The lowest BCUT2D eigenvalue weighted by atomic mass is 9.96. The summed E-state index contributed by atoms with van der Waals surface area (Å²) in [5.74, 6) is -0.178. The number of hydrogen-bond donors (Lipinski definition) is 3. The van der Waals surface area contributed by atoms with E-state index in [1.54, 1.807) is 0 Å². The summed E-state index contributed by atoms with van der Waals surface area (Å²) in [5.41, 5.74) is 4.69. The minimum atomic E-state index is -0.111. The van der Waals surface area contributed by atoms with Gasteiger partial charge in [-0.05, 0) is 56.2 Å². The van der Waals surface area contributed by atoms with Gasteiger partial charge in [-0.3, -0.25) is 9.59 Å². The lowest BCUT2D eigenvalue weighted by Gasteiger charge is -2.15. The first-order chi connectivity index (χ1) is 14.4. The van der Waals surface area contributed by atoms with Crippen molar-refractivity contribution < 1.29 is 14.5 Å². The summed E-state index contributed by atoms with van der Waals surface area (Å²) in [6.07, 6.45) is 4.46. The van der Waals surface area contributed by atoms with Crippen LogP contribution in [0.5, 0.6) is 0 Å². The molecule has 1 aliphatic rings. The summed E-state index contributed by atoms with van der Waals surface area (Å²) in [7, 11) is 1.90. The number of anilines is 2. The van der Waals surface area contributed by atoms with Crippen LogP contribution >= 0.6 is 11.3 Å². The maximum atomic E-state index is 12.4. The Kier molecular flexibility index (Phi) is 7.24. The molecule has 3 N–H and O–H groups in total. The Bertz CT molecular complexity index is 970. The van der Waals surface area contributed by atoms with Gasteiger partial charge in [-0.2, -0.15) is 5.26 Å². The number of carbonyl (C=O) groups is 2. The molecule has 7 heteroatoms. The number of hydrogen-bond acceptors (Lipinski definition) is 4. The van der Waals surface area contributed by atoms with Gasteiger partial charge in [0.1, 0.15) is 11.1 Å². The molecule has 3 rings (SSSR count). The van der Waals surface area contributed by atoms with Crippen molar-refractivity contribution in [1.82, 2.24) is 0 Å². The van der Waals surface area contributed by atoms with Gasteiger partial charge in [-0.25, -0.2) is 0 Å². The van der Waals surface area contributed by atoms with Gasteiger partial charge in [0.15, 0.2) is 6.54 Å². The second-order valence-electron chi connectivity index (χ2n) is 8.02. The van der Waals surface area contributed by atoms with Crippen LogP contribution in [0.4, 0.5) is 10.7 Å². The minimum absolute atomic E-state index is 0.0667. The molecule has 1 atom stereocenters. The fourth-order valence-corrected chi connectivity index (χ4v) is 5.10. The molecule has 1 heterocycles. The number of thiophene rings is 1. The summed E-state index contributed by atoms with van der Waals surface area (Å²) in [5, 5.41) is 16.1. The van der Waals surface area contributed by atoms with Crippen LogP contribution in [0.1, 0.15) is 46.4 Å². The molecule has 0 saturated heterocycles. The van der Waals surface area contributed by atoms with E-state index in [1.165, 1.54) is 16.2 Å². The van der Waals surface area contributed by atoms with Crippen LogP contribution in [0, 0.1) is 25.2 Å². The van der Waals surface area contributed by atoms with Gasteiger partial charge >= 0.3 is 0 Å². The third-order valence-corrected chi connectivity index (χ3v) is 6.73. The van der Waals surface area contributed by atoms with Crippen LogP contribution in [0.25, 0.3) is 0 Å². The standard InChI is InChI=1S/C23H28N4O2S/c1-15-7-6-8-16(2)22(15)25-21(29)14-27(3)12-11-20(28)26-23-18(13-24)17-9-4-5-10-19(17)30-23/h6-8H,4-5,9-12,14H2,1-3H3,(H,25,29)(H,26,28)/p+1. The number of likely N-dealkylation sites (N-methyl/N-ethyl adjacent to an activating group) is 1. The summed E-state index contributed by atoms with van der Waals surface area (Å²) in [6.45, 7) is 4.78. The highest BCUT2D eigenvalue weighted by atomic mass is 32.1. The van der Waals surface area contributed by atoms with Gasteiger partial charge in [0.2, 0.25) is 5.91 Å². The molecule has 1 aromatic heterocycles. The van der Waals surface area contributed by atoms with Gasteiger partial charge in [0, 0.05) is 10.6 Å². The molecule has 1 aromatic carbocycles. The molecule has 0 spiro atoms. The van der Waals surface area contributed by atoms with Crippen LogP contribution in [-0.4, -0.2) is 32.0 Å². The number of nitriles is 1. The quantitative estimate of drug-likeness (QED) is 0.637. The van der Waals surface area contributed by atoms with Crippen molar-refractivity contribution >= 4 is 33.8 Å². The molecule has 0 radical (unpaired) electrons. The zero-order chi connectivity index (χ0) is 21.7. The van der Waals surface area contributed by atoms with Crippen LogP contribution in [0.2, 0.25) is 0 Å². The number of fused-ring (bicyclic) bond motifs is 1. The van der Waals surface area contributed by atoms with E-state index in [1.807, 2.05) is 39.1 Å². The minimum Gasteiger partial charge on any atom is -0.329 e. The number of nitrogens with zero attached hydrogens (tertiary/aromatic N) is 1. The fourth-order valence-electron chi connectivity index (χ4n) is 3.85. The third kappa shape index (κ3) is 5.26. The average Bonchev–Trinajstić information content (AvgIpc) is 3.06. The topological polar surface area (TPSA) is 86.4 Å². The number of aryl methyl sites for hydroxylation is 3. The van der Waals surface area contributed by atoms with Gasteiger partial charge < -0.3 is 15.5 Å². The maximum Gasteiger partial charge on any atom is 0.279 e. The number of quaternary nitrogens is 1. The number of carbonyl (C=O) groups excluding carboxylic acids is 2. The van der Waals surface area contributed by atoms with E-state index in [2.05, 4.69) is 16.7 Å². The van der Waals surface area contributed by atoms with E-state index in [0.29, 0.717) is 23.5 Å². The molecule has 6 nitrogen and oxygen atoms in total. The largest absolute Gasteiger partial charge is 0.329 e. The zero-order valence-corrected chi connectivity index (χ0v) is 18.7. The van der Waals surface area contributed by atoms with Crippen molar-refractivity contribution in [2.75, 3.05) is 30.8 Å². The van der Waals surface area contributed by atoms with Gasteiger partial charge in [-0.1, -0.05) is 18.2 Å². The molecule has 0 fully saturated rings. The molecule has 0 saturated carbocycles. The van der Waals surface area contributed by atoms with Gasteiger partial charge in [0.05, 0.1) is 25.6 Å². The van der Waals surface area contributed by atoms with Crippen LogP contribution < -0.4 is 15.5 Å². The molecule has 0 bridgehead atoms. The lowest BCUT2D eigenvalue weighted by molar-refractivity contribution is -0.870. The molecule has 2 amide bonds. The second kappa shape index (κ2) is 9.88. The Morgan fingerprint density at radius 3 is 2.53 bits per heavy atom. The summed E-state index contributed by atoms with van der Waals surface area (Å²) >= 11 is 1.54. The van der Waals surface area contributed by atoms with Crippen LogP contribution in [0.15, 0.2) is 18.2 Å². The smallest absolute Gasteiger partial charge is 0.279 e. The van der Waals surface area contributed by atoms with Crippen molar-refractivity contribution in [3.05, 3.63) is 45.3 Å². The maximum absolute atomic E-state index is 12.4. The van der Waals surface area contributed by atoms with Gasteiger partial charge in [-0.15, -0.1) is 11.3 Å². The number of amides is 2. The predicted octanol–water partition coefficient (Wildman–Crippen LogP) is 2.60. The Morgan fingerprint density at radius 1 is 1.13 bits per heavy atom. The first-order valence-electron chi connectivity index (χ1n) is 10.4. The van der Waals surface area contributed by atoms with Crippen molar-refractivity contribution in [2.45, 2.75) is 46.0 Å². The Balaban J connectivity index is 1.50. The highest BCUT2D eigenvalue weighted by molar-refractivity contribution is 7.16. The van der Waals surface area contributed by atoms with E-state index in [-0.39, 0.29) is 18.4 Å². The average molecular weight is 426 g/mol. The van der Waals surface area contributed by atoms with E-state index in [4.69, 9.17) is 0 Å². The number of benzene rings is 1. The second-order valence-corrected chi connectivity index (χ2v) is 9.13. The van der Waals surface area contributed by atoms with Crippen molar-refractivity contribution in [1.29, 1.82) is 5.26 Å². The molecule has 1 unspecified atom stereocenters. The molecule has 1 aliphatic carbocycles. The highest BCUT2D eigenvalue weighted by Crippen LogP contribution is 2.37. The van der Waals surface area contributed by atoms with Gasteiger partial charge in [0.25, 0.3) is 5.91 Å². The van der Waals surface area contributed by atoms with E-state index < -0.39 is 0 Å². The molecule has 30 heavy (non-hydrogen) atoms. The highest BCUT2D eigenvalue weighted by Gasteiger charge is 2.22. The fraction of sp³-hybridized carbons (Fsp3) is 0.435. The summed E-state index contributed by atoms with van der Waals surface area (Å²) in [6, 6.07) is 8.19. The Labute approximate surface area is 181 Å². The van der Waals surface area contributed by atoms with E-state index in [9.17, 15) is 14.9 Å². The number of rotatable bonds is 7. The zero-order valence-electron chi connectivity index (χ0n) is 17.9. The van der Waals surface area contributed by atoms with E-state index >= 15 is 0 Å².